The molecule has 0 unspecified atom stereocenters. The zero-order valence-electron chi connectivity index (χ0n) is 14.1. The van der Waals surface area contributed by atoms with Crippen molar-refractivity contribution in [1.82, 2.24) is 10.2 Å². The van der Waals surface area contributed by atoms with Gasteiger partial charge in [-0.05, 0) is 26.0 Å². The molecule has 0 atom stereocenters. The van der Waals surface area contributed by atoms with Gasteiger partial charge in [-0.2, -0.15) is 0 Å². The van der Waals surface area contributed by atoms with Crippen LogP contribution in [0.4, 0.5) is 10.5 Å². The molecule has 0 aliphatic rings. The molecule has 25 heavy (non-hydrogen) atoms. The van der Waals surface area contributed by atoms with Crippen molar-refractivity contribution in [3.63, 3.8) is 0 Å². The minimum Gasteiger partial charge on any atom is -0.450 e. The Morgan fingerprint density at radius 3 is 2.36 bits per heavy atom. The Morgan fingerprint density at radius 1 is 1.16 bits per heavy atom. The third-order valence-electron chi connectivity index (χ3n) is 3.18. The summed E-state index contributed by atoms with van der Waals surface area (Å²) in [7, 11) is 0. The Morgan fingerprint density at radius 2 is 1.80 bits per heavy atom. The van der Waals surface area contributed by atoms with Crippen LogP contribution in [0, 0.1) is 0 Å². The van der Waals surface area contributed by atoms with Gasteiger partial charge in [0.25, 0.3) is 0 Å². The normalized spacial score (nSPS) is 10.1. The predicted octanol–water partition coefficient (Wildman–Crippen LogP) is 2.92. The fourth-order valence-electron chi connectivity index (χ4n) is 1.96. The van der Waals surface area contributed by atoms with Crippen molar-refractivity contribution in [2.75, 3.05) is 31.6 Å². The number of likely N-dealkylation sites (N-methyl/N-ethyl adjacent to an activating group) is 1. The molecule has 1 rings (SSSR count). The largest absolute Gasteiger partial charge is 0.450 e. The highest BCUT2D eigenvalue weighted by atomic mass is 35.5. The highest BCUT2D eigenvalue weighted by molar-refractivity contribution is 6.39. The highest BCUT2D eigenvalue weighted by Crippen LogP contribution is 2.29. The molecule has 1 aromatic rings. The second-order valence-corrected chi connectivity index (χ2v) is 5.76. The maximum atomic E-state index is 12.1. The minimum atomic E-state index is -0.579. The summed E-state index contributed by atoms with van der Waals surface area (Å²) >= 11 is 12.0. The molecule has 138 valence electrons. The number of hydrogen-bond donors (Lipinski definition) is 2. The van der Waals surface area contributed by atoms with Crippen LogP contribution in [0.25, 0.3) is 0 Å². The molecule has 0 aromatic heterocycles. The first-order chi connectivity index (χ1) is 11.9. The van der Waals surface area contributed by atoms with Crippen LogP contribution >= 0.6 is 23.2 Å². The fraction of sp³-hybridized carbons (Fsp3) is 0.438. The number of amides is 3. The number of benzene rings is 1. The molecular weight excluding hydrogens is 369 g/mol. The zero-order chi connectivity index (χ0) is 18.8. The summed E-state index contributed by atoms with van der Waals surface area (Å²) in [6.45, 7) is 4.04. The van der Waals surface area contributed by atoms with Gasteiger partial charge in [0.05, 0.1) is 28.9 Å². The number of nitrogens with one attached hydrogen (secondary N) is 2. The lowest BCUT2D eigenvalue weighted by Gasteiger charge is -2.21. The SMILES string of the molecule is CCOC(=O)NCCC(=O)N(CC)CC(=O)Nc1c(Cl)cccc1Cl. The van der Waals surface area contributed by atoms with Crippen molar-refractivity contribution >= 4 is 46.8 Å². The second kappa shape index (κ2) is 10.8. The second-order valence-electron chi connectivity index (χ2n) is 4.95. The first kappa shape index (κ1) is 21.1. The van der Waals surface area contributed by atoms with E-state index in [-0.39, 0.29) is 32.0 Å². The van der Waals surface area contributed by atoms with E-state index in [2.05, 4.69) is 10.6 Å². The number of nitrogens with zero attached hydrogens (tertiary/aromatic N) is 1. The summed E-state index contributed by atoms with van der Waals surface area (Å²) in [6.07, 6.45) is -0.517. The molecule has 0 fully saturated rings. The molecule has 0 bridgehead atoms. The van der Waals surface area contributed by atoms with Gasteiger partial charge in [0.1, 0.15) is 0 Å². The summed E-state index contributed by atoms with van der Waals surface area (Å²) in [6, 6.07) is 4.87. The van der Waals surface area contributed by atoms with Crippen molar-refractivity contribution in [3.05, 3.63) is 28.2 Å². The molecule has 3 amide bonds. The van der Waals surface area contributed by atoms with Crippen LogP contribution in [0.3, 0.4) is 0 Å². The topological polar surface area (TPSA) is 87.7 Å². The molecule has 0 heterocycles. The summed E-state index contributed by atoms with van der Waals surface area (Å²) in [5, 5.41) is 5.69. The third-order valence-corrected chi connectivity index (χ3v) is 3.81. The Labute approximate surface area is 156 Å². The van der Waals surface area contributed by atoms with Crippen LogP contribution in [0.15, 0.2) is 18.2 Å². The first-order valence-electron chi connectivity index (χ1n) is 7.81. The van der Waals surface area contributed by atoms with E-state index < -0.39 is 12.0 Å². The Bertz CT molecular complexity index is 605. The monoisotopic (exact) mass is 389 g/mol. The van der Waals surface area contributed by atoms with Gasteiger partial charge in [-0.15, -0.1) is 0 Å². The van der Waals surface area contributed by atoms with Gasteiger partial charge in [0.2, 0.25) is 11.8 Å². The van der Waals surface area contributed by atoms with Crippen LogP contribution in [0.2, 0.25) is 10.0 Å². The number of halogens is 2. The summed E-state index contributed by atoms with van der Waals surface area (Å²) in [4.78, 5) is 36.8. The molecule has 2 N–H and O–H groups in total. The van der Waals surface area contributed by atoms with Gasteiger partial charge in [0.15, 0.2) is 0 Å². The van der Waals surface area contributed by atoms with Gasteiger partial charge in [-0.1, -0.05) is 29.3 Å². The van der Waals surface area contributed by atoms with E-state index in [0.29, 0.717) is 22.3 Å². The van der Waals surface area contributed by atoms with Crippen LogP contribution < -0.4 is 10.6 Å². The number of para-hydroxylation sites is 1. The maximum absolute atomic E-state index is 12.1. The van der Waals surface area contributed by atoms with E-state index in [0.717, 1.165) is 0 Å². The fourth-order valence-corrected chi connectivity index (χ4v) is 2.45. The number of carbonyl (C=O) groups is 3. The number of anilines is 1. The van der Waals surface area contributed by atoms with Gasteiger partial charge >= 0.3 is 6.09 Å². The standard InChI is InChI=1S/C16H21Cl2N3O4/c1-3-21(14(23)8-9-19-16(24)25-4-2)10-13(22)20-15-11(17)6-5-7-12(15)18/h5-7H,3-4,8-10H2,1-2H3,(H,19,24)(H,20,22). The maximum Gasteiger partial charge on any atom is 0.407 e. The number of alkyl carbamates (subject to hydrolysis) is 1. The average molecular weight is 390 g/mol. The predicted molar refractivity (Wildman–Crippen MR) is 97.0 cm³/mol. The van der Waals surface area contributed by atoms with Gasteiger partial charge in [-0.25, -0.2) is 4.79 Å². The molecule has 0 aliphatic carbocycles. The van der Waals surface area contributed by atoms with Gasteiger partial charge in [-0.3, -0.25) is 9.59 Å². The van der Waals surface area contributed by atoms with Crippen molar-refractivity contribution in [2.45, 2.75) is 20.3 Å². The van der Waals surface area contributed by atoms with Crippen molar-refractivity contribution in [3.8, 4) is 0 Å². The quantitative estimate of drug-likeness (QED) is 0.715. The number of carbonyl (C=O) groups excluding carboxylic acids is 3. The number of rotatable bonds is 8. The third kappa shape index (κ3) is 7.19. The van der Waals surface area contributed by atoms with Crippen molar-refractivity contribution in [1.29, 1.82) is 0 Å². The van der Waals surface area contributed by atoms with Crippen LogP contribution in [-0.4, -0.2) is 49.0 Å². The summed E-state index contributed by atoms with van der Waals surface area (Å²) in [5.74, 6) is -0.678. The lowest BCUT2D eigenvalue weighted by molar-refractivity contribution is -0.134. The minimum absolute atomic E-state index is 0.0623. The molecule has 0 saturated heterocycles. The lowest BCUT2D eigenvalue weighted by Crippen LogP contribution is -2.39. The van der Waals surface area contributed by atoms with Crippen LogP contribution in [0.1, 0.15) is 20.3 Å². The molecule has 1 aromatic carbocycles. The molecule has 9 heteroatoms. The number of ether oxygens (including phenoxy) is 1. The van der Waals surface area contributed by atoms with E-state index in [1.54, 1.807) is 32.0 Å². The Kier molecular flexibility index (Phi) is 9.08. The lowest BCUT2D eigenvalue weighted by atomic mass is 10.3. The van der Waals surface area contributed by atoms with Gasteiger partial charge in [0, 0.05) is 19.5 Å². The average Bonchev–Trinajstić information content (AvgIpc) is 2.56. The number of hydrogen-bond acceptors (Lipinski definition) is 4. The molecule has 7 nitrogen and oxygen atoms in total. The van der Waals surface area contributed by atoms with E-state index in [9.17, 15) is 14.4 Å². The molecule has 0 aliphatic heterocycles. The summed E-state index contributed by atoms with van der Waals surface area (Å²) in [5.41, 5.74) is 0.309. The summed E-state index contributed by atoms with van der Waals surface area (Å²) < 4.78 is 4.70. The smallest absolute Gasteiger partial charge is 0.407 e. The highest BCUT2D eigenvalue weighted by Gasteiger charge is 2.17. The van der Waals surface area contributed by atoms with Crippen molar-refractivity contribution < 1.29 is 19.1 Å². The molecule has 0 saturated carbocycles. The van der Waals surface area contributed by atoms with Crippen molar-refractivity contribution in [2.24, 2.45) is 0 Å². The van der Waals surface area contributed by atoms with E-state index in [4.69, 9.17) is 27.9 Å². The van der Waals surface area contributed by atoms with E-state index in [1.165, 1.54) is 4.90 Å². The molecule has 0 radical (unpaired) electrons. The molecular formula is C16H21Cl2N3O4. The first-order valence-corrected chi connectivity index (χ1v) is 8.56. The molecule has 0 spiro atoms. The van der Waals surface area contributed by atoms with Crippen LogP contribution in [0.5, 0.6) is 0 Å². The van der Waals surface area contributed by atoms with Crippen LogP contribution in [-0.2, 0) is 14.3 Å². The Hall–Kier alpha value is -1.99. The van der Waals surface area contributed by atoms with Gasteiger partial charge < -0.3 is 20.3 Å². The zero-order valence-corrected chi connectivity index (χ0v) is 15.6. The van der Waals surface area contributed by atoms with E-state index >= 15 is 0 Å². The Balaban J connectivity index is 2.52. The van der Waals surface area contributed by atoms with E-state index in [1.807, 2.05) is 0 Å².